The fourth-order valence-corrected chi connectivity index (χ4v) is 1.86. The minimum absolute atomic E-state index is 0.0346. The molecule has 1 aromatic carbocycles. The molecule has 2 heteroatoms. The fourth-order valence-electron chi connectivity index (χ4n) is 1.86. The van der Waals surface area contributed by atoms with Gasteiger partial charge in [0.25, 0.3) is 0 Å². The lowest BCUT2D eigenvalue weighted by Crippen LogP contribution is -2.31. The van der Waals surface area contributed by atoms with Crippen molar-refractivity contribution in [2.75, 3.05) is 13.2 Å². The van der Waals surface area contributed by atoms with Crippen LogP contribution in [0.2, 0.25) is 0 Å². The summed E-state index contributed by atoms with van der Waals surface area (Å²) in [6, 6.07) is 6.32. The fraction of sp³-hybridized carbons (Fsp3) is 0.571. The van der Waals surface area contributed by atoms with E-state index in [-0.39, 0.29) is 18.6 Å². The van der Waals surface area contributed by atoms with Gasteiger partial charge in [-0.05, 0) is 43.4 Å². The van der Waals surface area contributed by atoms with Gasteiger partial charge in [-0.25, -0.2) is 0 Å². The normalized spacial score (nSPS) is 11.8. The van der Waals surface area contributed by atoms with Crippen molar-refractivity contribution in [2.24, 2.45) is 5.41 Å². The number of aliphatic hydroxyl groups is 2. The van der Waals surface area contributed by atoms with Crippen molar-refractivity contribution in [2.45, 2.75) is 33.6 Å². The molecule has 0 saturated heterocycles. The van der Waals surface area contributed by atoms with Crippen LogP contribution in [-0.2, 0) is 6.42 Å². The van der Waals surface area contributed by atoms with Gasteiger partial charge in [-0.15, -0.1) is 0 Å². The molecule has 1 aromatic rings. The standard InChI is InChI=1S/C14H22O2/c1-4-14(9-15,10-16)8-13-6-5-11(2)12(3)7-13/h5-7,15-16H,4,8-10H2,1-3H3. The third kappa shape index (κ3) is 2.83. The first-order valence-electron chi connectivity index (χ1n) is 5.85. The second-order valence-electron chi connectivity index (χ2n) is 4.77. The maximum absolute atomic E-state index is 9.40. The average Bonchev–Trinajstić information content (AvgIpc) is 2.31. The van der Waals surface area contributed by atoms with Gasteiger partial charge in [-0.3, -0.25) is 0 Å². The van der Waals surface area contributed by atoms with Gasteiger partial charge in [-0.1, -0.05) is 25.1 Å². The van der Waals surface area contributed by atoms with E-state index in [1.165, 1.54) is 16.7 Å². The molecule has 0 aromatic heterocycles. The number of benzene rings is 1. The molecule has 0 bridgehead atoms. The molecule has 0 radical (unpaired) electrons. The minimum atomic E-state index is -0.373. The third-order valence-corrected chi connectivity index (χ3v) is 3.57. The minimum Gasteiger partial charge on any atom is -0.396 e. The maximum Gasteiger partial charge on any atom is 0.0512 e. The van der Waals surface area contributed by atoms with Crippen molar-refractivity contribution < 1.29 is 10.2 Å². The molecule has 0 heterocycles. The van der Waals surface area contributed by atoms with Crippen LogP contribution in [0.1, 0.15) is 30.0 Å². The molecule has 90 valence electrons. The van der Waals surface area contributed by atoms with Crippen LogP contribution >= 0.6 is 0 Å². The summed E-state index contributed by atoms with van der Waals surface area (Å²) in [7, 11) is 0. The zero-order valence-corrected chi connectivity index (χ0v) is 10.5. The highest BCUT2D eigenvalue weighted by atomic mass is 16.3. The number of hydrogen-bond acceptors (Lipinski definition) is 2. The van der Waals surface area contributed by atoms with Crippen LogP contribution < -0.4 is 0 Å². The Kier molecular flexibility index (Phi) is 4.51. The van der Waals surface area contributed by atoms with Crippen molar-refractivity contribution in [1.82, 2.24) is 0 Å². The van der Waals surface area contributed by atoms with Crippen LogP contribution in [0, 0.1) is 19.3 Å². The Morgan fingerprint density at radius 3 is 2.12 bits per heavy atom. The summed E-state index contributed by atoms with van der Waals surface area (Å²) >= 11 is 0. The van der Waals surface area contributed by atoms with Gasteiger partial charge in [0, 0.05) is 5.41 Å². The second-order valence-corrected chi connectivity index (χ2v) is 4.77. The molecule has 0 aliphatic carbocycles. The van der Waals surface area contributed by atoms with E-state index in [9.17, 15) is 10.2 Å². The Bertz CT molecular complexity index is 332. The molecule has 2 N–H and O–H groups in total. The molecule has 2 nitrogen and oxygen atoms in total. The molecule has 0 saturated carbocycles. The molecule has 0 fully saturated rings. The number of hydrogen-bond donors (Lipinski definition) is 2. The lowest BCUT2D eigenvalue weighted by Gasteiger charge is -2.28. The quantitative estimate of drug-likeness (QED) is 0.802. The first-order chi connectivity index (χ1) is 7.56. The van der Waals surface area contributed by atoms with E-state index in [2.05, 4.69) is 32.0 Å². The largest absolute Gasteiger partial charge is 0.396 e. The van der Waals surface area contributed by atoms with Gasteiger partial charge in [0.2, 0.25) is 0 Å². The SMILES string of the molecule is CCC(CO)(CO)Cc1ccc(C)c(C)c1. The predicted molar refractivity (Wildman–Crippen MR) is 66.5 cm³/mol. The topological polar surface area (TPSA) is 40.5 Å². The first kappa shape index (κ1) is 13.2. The summed E-state index contributed by atoms with van der Waals surface area (Å²) in [5.74, 6) is 0. The van der Waals surface area contributed by atoms with Crippen LogP contribution in [0.5, 0.6) is 0 Å². The van der Waals surface area contributed by atoms with Gasteiger partial charge in [0.05, 0.1) is 13.2 Å². The Labute approximate surface area is 97.9 Å². The smallest absolute Gasteiger partial charge is 0.0512 e. The van der Waals surface area contributed by atoms with Crippen LogP contribution in [0.4, 0.5) is 0 Å². The molecule has 0 aliphatic rings. The van der Waals surface area contributed by atoms with Crippen LogP contribution in [0.25, 0.3) is 0 Å². The summed E-state index contributed by atoms with van der Waals surface area (Å²) < 4.78 is 0. The zero-order chi connectivity index (χ0) is 12.2. The summed E-state index contributed by atoms with van der Waals surface area (Å²) in [5, 5.41) is 18.8. The Hall–Kier alpha value is -0.860. The van der Waals surface area contributed by atoms with Crippen LogP contribution in [-0.4, -0.2) is 23.4 Å². The highest BCUT2D eigenvalue weighted by Crippen LogP contribution is 2.26. The number of rotatable bonds is 5. The van der Waals surface area contributed by atoms with Crippen molar-refractivity contribution in [1.29, 1.82) is 0 Å². The van der Waals surface area contributed by atoms with E-state index in [4.69, 9.17) is 0 Å². The lowest BCUT2D eigenvalue weighted by molar-refractivity contribution is 0.0514. The Morgan fingerprint density at radius 2 is 1.69 bits per heavy atom. The van der Waals surface area contributed by atoms with Gasteiger partial charge in [0.15, 0.2) is 0 Å². The number of aryl methyl sites for hydroxylation is 2. The van der Waals surface area contributed by atoms with E-state index in [0.29, 0.717) is 0 Å². The summed E-state index contributed by atoms with van der Waals surface area (Å²) in [6.07, 6.45) is 1.52. The van der Waals surface area contributed by atoms with Gasteiger partial charge < -0.3 is 10.2 Å². The zero-order valence-electron chi connectivity index (χ0n) is 10.5. The monoisotopic (exact) mass is 222 g/mol. The van der Waals surface area contributed by atoms with Crippen molar-refractivity contribution in [3.63, 3.8) is 0 Å². The highest BCUT2D eigenvalue weighted by Gasteiger charge is 2.26. The average molecular weight is 222 g/mol. The molecule has 0 unspecified atom stereocenters. The van der Waals surface area contributed by atoms with Gasteiger partial charge >= 0.3 is 0 Å². The van der Waals surface area contributed by atoms with Gasteiger partial charge in [-0.2, -0.15) is 0 Å². The molecular weight excluding hydrogens is 200 g/mol. The Morgan fingerprint density at radius 1 is 1.06 bits per heavy atom. The first-order valence-corrected chi connectivity index (χ1v) is 5.85. The molecule has 0 amide bonds. The van der Waals surface area contributed by atoms with Crippen molar-refractivity contribution in [3.05, 3.63) is 34.9 Å². The van der Waals surface area contributed by atoms with Gasteiger partial charge in [0.1, 0.15) is 0 Å². The van der Waals surface area contributed by atoms with E-state index < -0.39 is 0 Å². The molecule has 1 rings (SSSR count). The summed E-state index contributed by atoms with van der Waals surface area (Å²) in [4.78, 5) is 0. The van der Waals surface area contributed by atoms with E-state index in [1.807, 2.05) is 6.92 Å². The van der Waals surface area contributed by atoms with Crippen molar-refractivity contribution >= 4 is 0 Å². The third-order valence-electron chi connectivity index (χ3n) is 3.57. The van der Waals surface area contributed by atoms with Crippen LogP contribution in [0.3, 0.4) is 0 Å². The molecule has 0 spiro atoms. The molecular formula is C14H22O2. The van der Waals surface area contributed by atoms with E-state index >= 15 is 0 Å². The van der Waals surface area contributed by atoms with Crippen molar-refractivity contribution in [3.8, 4) is 0 Å². The predicted octanol–water partition coefficient (Wildman–Crippen LogP) is 2.23. The summed E-state index contributed by atoms with van der Waals surface area (Å²) in [6.45, 7) is 6.25. The molecule has 0 aliphatic heterocycles. The lowest BCUT2D eigenvalue weighted by atomic mass is 9.80. The Balaban J connectivity index is 2.89. The number of aliphatic hydroxyl groups excluding tert-OH is 2. The maximum atomic E-state index is 9.40. The van der Waals surface area contributed by atoms with E-state index in [1.54, 1.807) is 0 Å². The van der Waals surface area contributed by atoms with Crippen LogP contribution in [0.15, 0.2) is 18.2 Å². The molecule has 0 atom stereocenters. The second kappa shape index (κ2) is 5.46. The summed E-state index contributed by atoms with van der Waals surface area (Å²) in [5.41, 5.74) is 3.35. The highest BCUT2D eigenvalue weighted by molar-refractivity contribution is 5.30. The molecule has 16 heavy (non-hydrogen) atoms. The van der Waals surface area contributed by atoms with E-state index in [0.717, 1.165) is 12.8 Å².